The molecule has 2 saturated heterocycles. The van der Waals surface area contributed by atoms with Gasteiger partial charge in [-0.1, -0.05) is 68.4 Å². The average molecular weight is 405 g/mol. The topological polar surface area (TPSA) is 99.3 Å². The summed E-state index contributed by atoms with van der Waals surface area (Å²) in [5.74, 6) is -0.511. The number of carbonyl (C=O) groups is 2. The first-order valence-electron chi connectivity index (χ1n) is 10.5. The summed E-state index contributed by atoms with van der Waals surface area (Å²) < 4.78 is 0. The van der Waals surface area contributed by atoms with Gasteiger partial charge < -0.3 is 11.1 Å². The molecule has 0 spiro atoms. The molecule has 2 heterocycles. The van der Waals surface area contributed by atoms with Crippen molar-refractivity contribution in [1.82, 2.24) is 10.2 Å². The standard InChI is InChI=1S/C24H28N4O2/c1-14(2)12-18-19-20(21(27-18)16-8-10-17(11-9-16)22(25)26)24(30)28(23(19)29)13-15-6-4-3-5-7-15/h3-11,14,18-21,27H,12-13H2,1-2H3,(H3,25,26)/t18-,19-,20-,21-/m1/s1. The molecular formula is C24H28N4O2. The molecule has 4 atom stereocenters. The van der Waals surface area contributed by atoms with Crippen LogP contribution in [0.25, 0.3) is 0 Å². The second kappa shape index (κ2) is 8.03. The molecule has 0 aliphatic carbocycles. The number of hydrogen-bond donors (Lipinski definition) is 3. The predicted octanol–water partition coefficient (Wildman–Crippen LogP) is 2.83. The first-order valence-corrected chi connectivity index (χ1v) is 10.5. The number of imide groups is 1. The zero-order valence-electron chi connectivity index (χ0n) is 17.3. The number of hydrogen-bond acceptors (Lipinski definition) is 4. The molecule has 0 saturated carbocycles. The van der Waals surface area contributed by atoms with E-state index >= 15 is 0 Å². The Bertz CT molecular complexity index is 955. The number of nitrogen functional groups attached to an aromatic ring is 1. The summed E-state index contributed by atoms with van der Waals surface area (Å²) in [5, 5.41) is 11.2. The molecule has 2 aromatic rings. The van der Waals surface area contributed by atoms with Gasteiger partial charge in [0, 0.05) is 17.6 Å². The Morgan fingerprint density at radius 3 is 2.27 bits per heavy atom. The number of nitrogens with two attached hydrogens (primary N) is 1. The highest BCUT2D eigenvalue weighted by Gasteiger charge is 2.58. The molecule has 4 rings (SSSR count). The summed E-state index contributed by atoms with van der Waals surface area (Å²) in [5.41, 5.74) is 8.12. The number of fused-ring (bicyclic) bond motifs is 1. The molecule has 2 fully saturated rings. The molecule has 30 heavy (non-hydrogen) atoms. The van der Waals surface area contributed by atoms with Crippen LogP contribution in [0.5, 0.6) is 0 Å². The van der Waals surface area contributed by atoms with Crippen LogP contribution in [-0.2, 0) is 16.1 Å². The molecule has 2 aliphatic heterocycles. The Hall–Kier alpha value is -2.99. The van der Waals surface area contributed by atoms with E-state index in [1.54, 1.807) is 12.1 Å². The normalized spacial score (nSPS) is 25.8. The van der Waals surface area contributed by atoms with E-state index in [1.807, 2.05) is 42.5 Å². The van der Waals surface area contributed by atoms with Crippen molar-refractivity contribution in [2.24, 2.45) is 23.5 Å². The first-order chi connectivity index (χ1) is 14.4. The van der Waals surface area contributed by atoms with Crippen LogP contribution < -0.4 is 11.1 Å². The summed E-state index contributed by atoms with van der Waals surface area (Å²) >= 11 is 0. The Morgan fingerprint density at radius 2 is 1.67 bits per heavy atom. The Morgan fingerprint density at radius 1 is 1.03 bits per heavy atom. The number of amides is 2. The fraction of sp³-hybridized carbons (Fsp3) is 0.375. The summed E-state index contributed by atoms with van der Waals surface area (Å²) in [7, 11) is 0. The van der Waals surface area contributed by atoms with Gasteiger partial charge in [0.15, 0.2) is 0 Å². The lowest BCUT2D eigenvalue weighted by atomic mass is 9.84. The number of nitrogens with zero attached hydrogens (tertiary/aromatic N) is 1. The van der Waals surface area contributed by atoms with E-state index in [0.29, 0.717) is 18.0 Å². The van der Waals surface area contributed by atoms with E-state index in [1.165, 1.54) is 4.90 Å². The fourth-order valence-corrected chi connectivity index (χ4v) is 4.80. The molecule has 0 bridgehead atoms. The third-order valence-electron chi connectivity index (χ3n) is 6.17. The van der Waals surface area contributed by atoms with Crippen LogP contribution in [0.15, 0.2) is 54.6 Å². The second-order valence-corrected chi connectivity index (χ2v) is 8.72. The number of likely N-dealkylation sites (tertiary alicyclic amines) is 1. The van der Waals surface area contributed by atoms with Gasteiger partial charge in [0.2, 0.25) is 11.8 Å². The molecular weight excluding hydrogens is 376 g/mol. The zero-order valence-corrected chi connectivity index (χ0v) is 17.3. The van der Waals surface area contributed by atoms with Gasteiger partial charge in [-0.05, 0) is 23.5 Å². The van der Waals surface area contributed by atoms with Crippen molar-refractivity contribution in [2.75, 3.05) is 0 Å². The minimum absolute atomic E-state index is 0.0117. The van der Waals surface area contributed by atoms with E-state index in [4.69, 9.17) is 11.1 Å². The largest absolute Gasteiger partial charge is 0.384 e. The number of amidine groups is 1. The maximum atomic E-state index is 13.4. The molecule has 0 unspecified atom stereocenters. The van der Waals surface area contributed by atoms with Gasteiger partial charge in [0.1, 0.15) is 5.84 Å². The van der Waals surface area contributed by atoms with Crippen LogP contribution in [0.4, 0.5) is 0 Å². The molecule has 6 nitrogen and oxygen atoms in total. The SMILES string of the molecule is CC(C)C[C@H]1N[C@H](c2ccc(C(=N)N)cc2)[C@@H]2C(=O)N(Cc3ccccc3)C(=O)[C@@H]21. The van der Waals surface area contributed by atoms with Gasteiger partial charge in [0.05, 0.1) is 18.4 Å². The molecule has 2 amide bonds. The van der Waals surface area contributed by atoms with E-state index in [0.717, 1.165) is 17.5 Å². The lowest BCUT2D eigenvalue weighted by molar-refractivity contribution is -0.141. The van der Waals surface area contributed by atoms with Crippen molar-refractivity contribution < 1.29 is 9.59 Å². The number of rotatable bonds is 6. The minimum atomic E-state index is -0.409. The van der Waals surface area contributed by atoms with Gasteiger partial charge in [-0.3, -0.25) is 19.9 Å². The van der Waals surface area contributed by atoms with Gasteiger partial charge in [-0.2, -0.15) is 0 Å². The summed E-state index contributed by atoms with van der Waals surface area (Å²) in [4.78, 5) is 28.2. The predicted molar refractivity (Wildman–Crippen MR) is 116 cm³/mol. The maximum Gasteiger partial charge on any atom is 0.235 e. The number of nitrogens with one attached hydrogen (secondary N) is 2. The van der Waals surface area contributed by atoms with Crippen LogP contribution in [0.3, 0.4) is 0 Å². The molecule has 2 aromatic carbocycles. The fourth-order valence-electron chi connectivity index (χ4n) is 4.80. The van der Waals surface area contributed by atoms with Crippen molar-refractivity contribution in [3.63, 3.8) is 0 Å². The van der Waals surface area contributed by atoms with Crippen LogP contribution in [0.1, 0.15) is 43.0 Å². The highest BCUT2D eigenvalue weighted by molar-refractivity contribution is 6.06. The van der Waals surface area contributed by atoms with E-state index in [9.17, 15) is 9.59 Å². The van der Waals surface area contributed by atoms with Gasteiger partial charge >= 0.3 is 0 Å². The molecule has 2 aliphatic rings. The lowest BCUT2D eigenvalue weighted by Crippen LogP contribution is -2.39. The number of carbonyl (C=O) groups excluding carboxylic acids is 2. The van der Waals surface area contributed by atoms with E-state index in [-0.39, 0.29) is 35.7 Å². The molecule has 0 radical (unpaired) electrons. The monoisotopic (exact) mass is 404 g/mol. The van der Waals surface area contributed by atoms with Crippen LogP contribution >= 0.6 is 0 Å². The summed E-state index contributed by atoms with van der Waals surface area (Å²) in [6, 6.07) is 16.8. The third-order valence-corrected chi connectivity index (χ3v) is 6.17. The van der Waals surface area contributed by atoms with Crippen LogP contribution in [0, 0.1) is 23.2 Å². The Kier molecular flexibility index (Phi) is 5.43. The lowest BCUT2D eigenvalue weighted by Gasteiger charge is -2.23. The van der Waals surface area contributed by atoms with Gasteiger partial charge in [0.25, 0.3) is 0 Å². The van der Waals surface area contributed by atoms with Crippen LogP contribution in [0.2, 0.25) is 0 Å². The highest BCUT2D eigenvalue weighted by atomic mass is 16.2. The Labute approximate surface area is 177 Å². The molecule has 6 heteroatoms. The van der Waals surface area contributed by atoms with Crippen molar-refractivity contribution >= 4 is 17.6 Å². The zero-order chi connectivity index (χ0) is 21.4. The second-order valence-electron chi connectivity index (χ2n) is 8.72. The van der Waals surface area contributed by atoms with Crippen molar-refractivity contribution in [3.05, 3.63) is 71.3 Å². The van der Waals surface area contributed by atoms with Crippen LogP contribution in [-0.4, -0.2) is 28.6 Å². The van der Waals surface area contributed by atoms with Crippen molar-refractivity contribution in [3.8, 4) is 0 Å². The maximum absolute atomic E-state index is 13.4. The Balaban J connectivity index is 1.65. The highest BCUT2D eigenvalue weighted by Crippen LogP contribution is 2.45. The summed E-state index contributed by atoms with van der Waals surface area (Å²) in [6.07, 6.45) is 0.835. The first kappa shape index (κ1) is 20.3. The third kappa shape index (κ3) is 3.63. The molecule has 156 valence electrons. The van der Waals surface area contributed by atoms with E-state index < -0.39 is 5.92 Å². The number of benzene rings is 2. The van der Waals surface area contributed by atoms with Crippen molar-refractivity contribution in [2.45, 2.75) is 38.9 Å². The molecule has 0 aromatic heterocycles. The van der Waals surface area contributed by atoms with Crippen molar-refractivity contribution in [1.29, 1.82) is 5.41 Å². The summed E-state index contributed by atoms with van der Waals surface area (Å²) in [6.45, 7) is 4.58. The van der Waals surface area contributed by atoms with Gasteiger partial charge in [-0.25, -0.2) is 0 Å². The molecule has 4 N–H and O–H groups in total. The smallest absolute Gasteiger partial charge is 0.235 e. The van der Waals surface area contributed by atoms with E-state index in [2.05, 4.69) is 19.2 Å². The average Bonchev–Trinajstić information content (AvgIpc) is 3.20. The minimum Gasteiger partial charge on any atom is -0.384 e. The van der Waals surface area contributed by atoms with Gasteiger partial charge in [-0.15, -0.1) is 0 Å². The quantitative estimate of drug-likeness (QED) is 0.392.